The molecule has 0 unspecified atom stereocenters. The SMILES string of the molecule is Nc1nc(NCCCSc2nccs2)ncc1[N+](=O)[O-]. The van der Waals surface area contributed by atoms with E-state index in [9.17, 15) is 10.1 Å². The van der Waals surface area contributed by atoms with Gasteiger partial charge in [0.2, 0.25) is 11.8 Å². The minimum atomic E-state index is -0.607. The molecule has 0 saturated heterocycles. The van der Waals surface area contributed by atoms with Crippen LogP contribution in [0.15, 0.2) is 22.1 Å². The molecule has 20 heavy (non-hydrogen) atoms. The summed E-state index contributed by atoms with van der Waals surface area (Å²) >= 11 is 3.29. The molecule has 0 aliphatic rings. The van der Waals surface area contributed by atoms with Gasteiger partial charge in [0.05, 0.1) is 4.92 Å². The highest BCUT2D eigenvalue weighted by Gasteiger charge is 2.13. The van der Waals surface area contributed by atoms with Gasteiger partial charge in [0.1, 0.15) is 10.5 Å². The molecule has 2 rings (SSSR count). The van der Waals surface area contributed by atoms with Gasteiger partial charge in [0.25, 0.3) is 0 Å². The van der Waals surface area contributed by atoms with Crippen molar-refractivity contribution in [3.8, 4) is 0 Å². The Morgan fingerprint density at radius 2 is 2.35 bits per heavy atom. The fourth-order valence-electron chi connectivity index (χ4n) is 1.33. The van der Waals surface area contributed by atoms with E-state index < -0.39 is 4.92 Å². The van der Waals surface area contributed by atoms with Crippen molar-refractivity contribution in [2.24, 2.45) is 0 Å². The summed E-state index contributed by atoms with van der Waals surface area (Å²) in [4.78, 5) is 21.8. The van der Waals surface area contributed by atoms with Crippen molar-refractivity contribution in [1.82, 2.24) is 15.0 Å². The molecule has 0 aliphatic heterocycles. The Balaban J connectivity index is 1.74. The van der Waals surface area contributed by atoms with E-state index in [1.807, 2.05) is 5.38 Å². The molecule has 8 nitrogen and oxygen atoms in total. The number of aromatic nitrogens is 3. The third kappa shape index (κ3) is 4.03. The van der Waals surface area contributed by atoms with Crippen LogP contribution in [0.3, 0.4) is 0 Å². The molecule has 0 saturated carbocycles. The van der Waals surface area contributed by atoms with Crippen LogP contribution in [0.5, 0.6) is 0 Å². The Morgan fingerprint density at radius 1 is 1.50 bits per heavy atom. The summed E-state index contributed by atoms with van der Waals surface area (Å²) in [6, 6.07) is 0. The minimum Gasteiger partial charge on any atom is -0.378 e. The summed E-state index contributed by atoms with van der Waals surface area (Å²) in [5, 5.41) is 15.5. The molecule has 2 heterocycles. The van der Waals surface area contributed by atoms with Crippen LogP contribution in [0.2, 0.25) is 0 Å². The molecule has 10 heteroatoms. The summed E-state index contributed by atoms with van der Waals surface area (Å²) in [5.41, 5.74) is 5.19. The maximum absolute atomic E-state index is 10.6. The second-order valence-corrected chi connectivity index (χ2v) is 5.88. The maximum atomic E-state index is 10.6. The zero-order valence-corrected chi connectivity index (χ0v) is 12.0. The molecule has 0 aliphatic carbocycles. The fourth-order valence-corrected chi connectivity index (χ4v) is 2.98. The molecule has 0 aromatic carbocycles. The first-order valence-corrected chi connectivity index (χ1v) is 7.56. The largest absolute Gasteiger partial charge is 0.378 e. The number of nitrogens with two attached hydrogens (primary N) is 1. The first-order valence-electron chi connectivity index (χ1n) is 5.70. The maximum Gasteiger partial charge on any atom is 0.329 e. The lowest BCUT2D eigenvalue weighted by molar-refractivity contribution is -0.384. The highest BCUT2D eigenvalue weighted by Crippen LogP contribution is 2.21. The van der Waals surface area contributed by atoms with Crippen LogP contribution in [0.1, 0.15) is 6.42 Å². The van der Waals surface area contributed by atoms with Gasteiger partial charge in [0, 0.05) is 23.9 Å². The van der Waals surface area contributed by atoms with Gasteiger partial charge in [-0.15, -0.1) is 11.3 Å². The van der Waals surface area contributed by atoms with Crippen LogP contribution >= 0.6 is 23.1 Å². The number of thiazole rings is 1. The molecule has 3 N–H and O–H groups in total. The lowest BCUT2D eigenvalue weighted by Gasteiger charge is -2.04. The van der Waals surface area contributed by atoms with Crippen molar-refractivity contribution in [3.05, 3.63) is 27.9 Å². The fraction of sp³-hybridized carbons (Fsp3) is 0.300. The number of thioether (sulfide) groups is 1. The van der Waals surface area contributed by atoms with E-state index >= 15 is 0 Å². The van der Waals surface area contributed by atoms with Crippen molar-refractivity contribution in [3.63, 3.8) is 0 Å². The molecule has 0 radical (unpaired) electrons. The van der Waals surface area contributed by atoms with Gasteiger partial charge in [0.15, 0.2) is 0 Å². The first-order chi connectivity index (χ1) is 9.66. The highest BCUT2D eigenvalue weighted by molar-refractivity contribution is 8.00. The smallest absolute Gasteiger partial charge is 0.329 e. The Kier molecular flexibility index (Phi) is 5.07. The Bertz CT molecular complexity index is 577. The normalized spacial score (nSPS) is 10.4. The van der Waals surface area contributed by atoms with E-state index in [2.05, 4.69) is 20.3 Å². The van der Waals surface area contributed by atoms with Gasteiger partial charge in [-0.1, -0.05) is 11.8 Å². The number of nitrogen functional groups attached to an aromatic ring is 1. The molecular weight excluding hydrogens is 300 g/mol. The van der Waals surface area contributed by atoms with Crippen LogP contribution in [-0.2, 0) is 0 Å². The van der Waals surface area contributed by atoms with E-state index in [1.165, 1.54) is 0 Å². The lowest BCUT2D eigenvalue weighted by atomic mass is 10.5. The Morgan fingerprint density at radius 3 is 3.00 bits per heavy atom. The zero-order valence-electron chi connectivity index (χ0n) is 10.4. The summed E-state index contributed by atoms with van der Waals surface area (Å²) in [6.45, 7) is 0.662. The minimum absolute atomic E-state index is 0.135. The van der Waals surface area contributed by atoms with Gasteiger partial charge in [-0.05, 0) is 6.42 Å². The van der Waals surface area contributed by atoms with Gasteiger partial charge in [-0.25, -0.2) is 9.97 Å². The third-order valence-electron chi connectivity index (χ3n) is 2.23. The van der Waals surface area contributed by atoms with Crippen molar-refractivity contribution < 1.29 is 4.92 Å². The van der Waals surface area contributed by atoms with Crippen molar-refractivity contribution in [2.45, 2.75) is 10.8 Å². The molecule has 2 aromatic heterocycles. The number of nitrogens with one attached hydrogen (secondary N) is 1. The van der Waals surface area contributed by atoms with Gasteiger partial charge >= 0.3 is 5.69 Å². The average Bonchev–Trinajstić information content (AvgIpc) is 2.91. The molecule has 0 fully saturated rings. The predicted octanol–water partition coefficient (Wildman–Crippen LogP) is 2.02. The number of rotatable bonds is 7. The molecular formula is C10H12N6O2S2. The van der Waals surface area contributed by atoms with E-state index in [-0.39, 0.29) is 11.5 Å². The monoisotopic (exact) mass is 312 g/mol. The van der Waals surface area contributed by atoms with E-state index in [0.717, 1.165) is 22.7 Å². The van der Waals surface area contributed by atoms with Gasteiger partial charge < -0.3 is 11.1 Å². The zero-order chi connectivity index (χ0) is 14.4. The molecule has 0 spiro atoms. The van der Waals surface area contributed by atoms with Crippen LogP contribution in [-0.4, -0.2) is 32.2 Å². The average molecular weight is 312 g/mol. The Hall–Kier alpha value is -1.94. The van der Waals surface area contributed by atoms with Crippen LogP contribution in [0.25, 0.3) is 0 Å². The van der Waals surface area contributed by atoms with E-state index in [1.54, 1.807) is 29.3 Å². The highest BCUT2D eigenvalue weighted by atomic mass is 32.2. The summed E-state index contributed by atoms with van der Waals surface area (Å²) in [5.74, 6) is 1.08. The summed E-state index contributed by atoms with van der Waals surface area (Å²) < 4.78 is 1.04. The van der Waals surface area contributed by atoms with Crippen molar-refractivity contribution >= 4 is 40.6 Å². The first kappa shape index (κ1) is 14.5. The topological polar surface area (TPSA) is 120 Å². The number of hydrogen-bond acceptors (Lipinski definition) is 9. The molecule has 106 valence electrons. The van der Waals surface area contributed by atoms with Crippen LogP contribution in [0.4, 0.5) is 17.5 Å². The second kappa shape index (κ2) is 7.01. The number of nitro groups is 1. The van der Waals surface area contributed by atoms with E-state index in [4.69, 9.17) is 5.73 Å². The van der Waals surface area contributed by atoms with Crippen LogP contribution < -0.4 is 11.1 Å². The standard InChI is InChI=1S/C10H12N6O2S2/c11-8-7(16(17)18)6-14-9(15-8)12-2-1-4-19-10-13-3-5-20-10/h3,5-6H,1-2,4H2,(H3,11,12,14,15). The third-order valence-corrected chi connectivity index (χ3v) is 4.29. The Labute approximate surface area is 123 Å². The quantitative estimate of drug-likeness (QED) is 0.345. The molecule has 2 aromatic rings. The van der Waals surface area contributed by atoms with Gasteiger partial charge in [-0.2, -0.15) is 4.98 Å². The van der Waals surface area contributed by atoms with E-state index in [0.29, 0.717) is 12.5 Å². The molecule has 0 atom stereocenters. The summed E-state index contributed by atoms with van der Waals surface area (Å²) in [6.07, 6.45) is 3.78. The van der Waals surface area contributed by atoms with Crippen molar-refractivity contribution in [2.75, 3.05) is 23.3 Å². The number of anilines is 2. The number of nitrogens with zero attached hydrogens (tertiary/aromatic N) is 4. The molecule has 0 bridgehead atoms. The van der Waals surface area contributed by atoms with Crippen molar-refractivity contribution in [1.29, 1.82) is 0 Å². The van der Waals surface area contributed by atoms with Gasteiger partial charge in [-0.3, -0.25) is 10.1 Å². The lowest BCUT2D eigenvalue weighted by Crippen LogP contribution is -2.08. The second-order valence-electron chi connectivity index (χ2n) is 3.65. The van der Waals surface area contributed by atoms with Crippen LogP contribution in [0, 0.1) is 10.1 Å². The summed E-state index contributed by atoms with van der Waals surface area (Å²) in [7, 11) is 0. The molecule has 0 amide bonds. The number of hydrogen-bond donors (Lipinski definition) is 2. The predicted molar refractivity (Wildman–Crippen MR) is 79.0 cm³/mol.